The van der Waals surface area contributed by atoms with Crippen LogP contribution in [0.3, 0.4) is 0 Å². The minimum atomic E-state index is 0.556. The summed E-state index contributed by atoms with van der Waals surface area (Å²) in [4.78, 5) is 8.05. The van der Waals surface area contributed by atoms with E-state index in [2.05, 4.69) is 20.7 Å². The standard InChI is InChI=1S/C12H15N5O/c1-18-7-9-3-2-4-10(5-9)16-11-6-12(17-13)15-8-14-11/h2-6,8H,7,13H2,1H3,(H2,14,15,16,17). The highest BCUT2D eigenvalue weighted by Gasteiger charge is 1.99. The molecule has 0 radical (unpaired) electrons. The van der Waals surface area contributed by atoms with Gasteiger partial charge in [0.15, 0.2) is 0 Å². The highest BCUT2D eigenvalue weighted by atomic mass is 16.5. The average Bonchev–Trinajstić information content (AvgIpc) is 2.40. The number of hydrogen-bond acceptors (Lipinski definition) is 6. The lowest BCUT2D eigenvalue weighted by Gasteiger charge is -2.08. The van der Waals surface area contributed by atoms with E-state index in [1.807, 2.05) is 24.3 Å². The Hall–Kier alpha value is -2.18. The molecule has 0 aliphatic rings. The smallest absolute Gasteiger partial charge is 0.145 e. The highest BCUT2D eigenvalue weighted by molar-refractivity contribution is 5.59. The maximum Gasteiger partial charge on any atom is 0.145 e. The van der Waals surface area contributed by atoms with Crippen molar-refractivity contribution in [2.75, 3.05) is 17.9 Å². The summed E-state index contributed by atoms with van der Waals surface area (Å²) >= 11 is 0. The van der Waals surface area contributed by atoms with Gasteiger partial charge in [0.1, 0.15) is 18.0 Å². The van der Waals surface area contributed by atoms with Crippen molar-refractivity contribution < 1.29 is 4.74 Å². The molecule has 1 heterocycles. The summed E-state index contributed by atoms with van der Waals surface area (Å²) < 4.78 is 5.09. The lowest BCUT2D eigenvalue weighted by Crippen LogP contribution is -2.09. The van der Waals surface area contributed by atoms with Crippen LogP contribution in [0.15, 0.2) is 36.7 Å². The minimum Gasteiger partial charge on any atom is -0.380 e. The van der Waals surface area contributed by atoms with Crippen LogP contribution < -0.4 is 16.6 Å². The van der Waals surface area contributed by atoms with Crippen LogP contribution in [0, 0.1) is 0 Å². The molecular weight excluding hydrogens is 230 g/mol. The van der Waals surface area contributed by atoms with E-state index in [9.17, 15) is 0 Å². The number of nitrogen functional groups attached to an aromatic ring is 1. The van der Waals surface area contributed by atoms with Gasteiger partial charge in [-0.3, -0.25) is 0 Å². The van der Waals surface area contributed by atoms with Crippen LogP contribution in [0.2, 0.25) is 0 Å². The summed E-state index contributed by atoms with van der Waals surface area (Å²) in [5.74, 6) is 6.52. The molecule has 94 valence electrons. The lowest BCUT2D eigenvalue weighted by molar-refractivity contribution is 0.185. The molecule has 0 aliphatic carbocycles. The van der Waals surface area contributed by atoms with Crippen molar-refractivity contribution in [1.29, 1.82) is 0 Å². The number of ether oxygens (including phenoxy) is 1. The molecule has 6 nitrogen and oxygen atoms in total. The summed E-state index contributed by atoms with van der Waals surface area (Å²) in [5, 5.41) is 3.18. The average molecular weight is 245 g/mol. The fourth-order valence-electron chi connectivity index (χ4n) is 1.56. The van der Waals surface area contributed by atoms with Crippen LogP contribution in [0.5, 0.6) is 0 Å². The van der Waals surface area contributed by atoms with Crippen LogP contribution >= 0.6 is 0 Å². The van der Waals surface area contributed by atoms with Crippen LogP contribution in [0.25, 0.3) is 0 Å². The van der Waals surface area contributed by atoms with E-state index in [-0.39, 0.29) is 0 Å². The molecule has 0 saturated heterocycles. The van der Waals surface area contributed by atoms with Crippen molar-refractivity contribution in [2.24, 2.45) is 5.84 Å². The van der Waals surface area contributed by atoms with E-state index >= 15 is 0 Å². The monoisotopic (exact) mass is 245 g/mol. The number of methoxy groups -OCH3 is 1. The second kappa shape index (κ2) is 5.95. The molecule has 0 fully saturated rings. The van der Waals surface area contributed by atoms with E-state index in [4.69, 9.17) is 10.6 Å². The van der Waals surface area contributed by atoms with Gasteiger partial charge >= 0.3 is 0 Å². The second-order valence-corrected chi connectivity index (χ2v) is 3.69. The number of hydrogen-bond donors (Lipinski definition) is 3. The summed E-state index contributed by atoms with van der Waals surface area (Å²) in [5.41, 5.74) is 4.50. The van der Waals surface area contributed by atoms with Crippen molar-refractivity contribution in [3.05, 3.63) is 42.2 Å². The molecule has 1 aromatic heterocycles. The van der Waals surface area contributed by atoms with Crippen LogP contribution in [-0.2, 0) is 11.3 Å². The molecule has 6 heteroatoms. The van der Waals surface area contributed by atoms with Gasteiger partial charge in [0.25, 0.3) is 0 Å². The predicted octanol–water partition coefficient (Wildman–Crippen LogP) is 1.65. The first kappa shape index (κ1) is 12.3. The second-order valence-electron chi connectivity index (χ2n) is 3.69. The third-order valence-corrected chi connectivity index (χ3v) is 2.33. The zero-order chi connectivity index (χ0) is 12.8. The van der Waals surface area contributed by atoms with Gasteiger partial charge in [0.2, 0.25) is 0 Å². The first-order valence-corrected chi connectivity index (χ1v) is 5.45. The maximum atomic E-state index is 5.29. The summed E-state index contributed by atoms with van der Waals surface area (Å²) in [6.07, 6.45) is 1.44. The molecular formula is C12H15N5O. The van der Waals surface area contributed by atoms with Crippen LogP contribution in [0.1, 0.15) is 5.56 Å². The number of benzene rings is 1. The van der Waals surface area contributed by atoms with E-state index in [0.29, 0.717) is 18.2 Å². The van der Waals surface area contributed by atoms with E-state index in [1.165, 1.54) is 6.33 Å². The molecule has 0 saturated carbocycles. The van der Waals surface area contributed by atoms with Crippen LogP contribution in [0.4, 0.5) is 17.3 Å². The molecule has 4 N–H and O–H groups in total. The first-order chi connectivity index (χ1) is 8.81. The van der Waals surface area contributed by atoms with Crippen molar-refractivity contribution in [3.63, 3.8) is 0 Å². The van der Waals surface area contributed by atoms with Crippen molar-refractivity contribution in [2.45, 2.75) is 6.61 Å². The Morgan fingerprint density at radius 3 is 2.83 bits per heavy atom. The Balaban J connectivity index is 2.14. The Bertz CT molecular complexity index is 517. The Morgan fingerprint density at radius 2 is 2.06 bits per heavy atom. The number of nitrogens with zero attached hydrogens (tertiary/aromatic N) is 2. The van der Waals surface area contributed by atoms with E-state index in [1.54, 1.807) is 13.2 Å². The SMILES string of the molecule is COCc1cccc(Nc2cc(NN)ncn2)c1. The molecule has 18 heavy (non-hydrogen) atoms. The number of nitrogens with one attached hydrogen (secondary N) is 2. The molecule has 2 aromatic rings. The topological polar surface area (TPSA) is 85.1 Å². The van der Waals surface area contributed by atoms with Gasteiger partial charge in [-0.2, -0.15) is 0 Å². The minimum absolute atomic E-state index is 0.556. The number of aromatic nitrogens is 2. The molecule has 0 bridgehead atoms. The summed E-state index contributed by atoms with van der Waals surface area (Å²) in [6, 6.07) is 9.64. The Morgan fingerprint density at radius 1 is 1.22 bits per heavy atom. The molecule has 0 amide bonds. The van der Waals surface area contributed by atoms with Gasteiger partial charge < -0.3 is 15.5 Å². The number of rotatable bonds is 5. The molecule has 0 unspecified atom stereocenters. The van der Waals surface area contributed by atoms with Gasteiger partial charge in [-0.05, 0) is 17.7 Å². The van der Waals surface area contributed by atoms with Gasteiger partial charge in [0.05, 0.1) is 6.61 Å². The molecule has 2 rings (SSSR count). The lowest BCUT2D eigenvalue weighted by atomic mass is 10.2. The first-order valence-electron chi connectivity index (χ1n) is 5.45. The quantitative estimate of drug-likeness (QED) is 0.548. The van der Waals surface area contributed by atoms with E-state index < -0.39 is 0 Å². The maximum absolute atomic E-state index is 5.29. The number of hydrazine groups is 1. The van der Waals surface area contributed by atoms with Crippen molar-refractivity contribution in [3.8, 4) is 0 Å². The summed E-state index contributed by atoms with van der Waals surface area (Å²) in [7, 11) is 1.67. The third kappa shape index (κ3) is 3.16. The van der Waals surface area contributed by atoms with Gasteiger partial charge in [0, 0.05) is 18.9 Å². The third-order valence-electron chi connectivity index (χ3n) is 2.33. The fraction of sp³-hybridized carbons (Fsp3) is 0.167. The van der Waals surface area contributed by atoms with Crippen LogP contribution in [-0.4, -0.2) is 17.1 Å². The highest BCUT2D eigenvalue weighted by Crippen LogP contribution is 2.17. The number of nitrogens with two attached hydrogens (primary N) is 1. The van der Waals surface area contributed by atoms with Crippen molar-refractivity contribution in [1.82, 2.24) is 9.97 Å². The fourth-order valence-corrected chi connectivity index (χ4v) is 1.56. The zero-order valence-corrected chi connectivity index (χ0v) is 10.1. The predicted molar refractivity (Wildman–Crippen MR) is 70.3 cm³/mol. The summed E-state index contributed by atoms with van der Waals surface area (Å²) in [6.45, 7) is 0.578. The molecule has 0 atom stereocenters. The Kier molecular flexibility index (Phi) is 4.06. The zero-order valence-electron chi connectivity index (χ0n) is 10.1. The molecule has 1 aromatic carbocycles. The molecule has 0 aliphatic heterocycles. The van der Waals surface area contributed by atoms with Gasteiger partial charge in [-0.1, -0.05) is 12.1 Å². The number of anilines is 3. The van der Waals surface area contributed by atoms with Gasteiger partial charge in [-0.15, -0.1) is 0 Å². The van der Waals surface area contributed by atoms with Gasteiger partial charge in [-0.25, -0.2) is 15.8 Å². The van der Waals surface area contributed by atoms with E-state index in [0.717, 1.165) is 11.3 Å². The molecule has 0 spiro atoms. The largest absolute Gasteiger partial charge is 0.380 e. The van der Waals surface area contributed by atoms with Crippen molar-refractivity contribution >= 4 is 17.3 Å². The normalized spacial score (nSPS) is 10.1. The Labute approximate surface area is 105 Å².